The third-order valence-electron chi connectivity index (χ3n) is 3.98. The van der Waals surface area contributed by atoms with Crippen LogP contribution in [0.3, 0.4) is 0 Å². The lowest BCUT2D eigenvalue weighted by Crippen LogP contribution is -2.40. The summed E-state index contributed by atoms with van der Waals surface area (Å²) in [4.78, 5) is 2.45. The van der Waals surface area contributed by atoms with Crippen molar-refractivity contribution < 1.29 is 9.47 Å². The van der Waals surface area contributed by atoms with Crippen LogP contribution in [-0.2, 0) is 9.47 Å². The molecule has 4 heteroatoms. The molecule has 1 aliphatic carbocycles. The van der Waals surface area contributed by atoms with Crippen LogP contribution in [-0.4, -0.2) is 63.5 Å². The van der Waals surface area contributed by atoms with Gasteiger partial charge in [0.15, 0.2) is 0 Å². The molecule has 0 aromatic heterocycles. The third-order valence-corrected chi connectivity index (χ3v) is 3.98. The fourth-order valence-corrected chi connectivity index (χ4v) is 2.74. The summed E-state index contributed by atoms with van der Waals surface area (Å²) in [5, 5.41) is 3.71. The van der Waals surface area contributed by atoms with E-state index < -0.39 is 0 Å². The lowest BCUT2D eigenvalue weighted by Gasteiger charge is -2.26. The van der Waals surface area contributed by atoms with Crippen molar-refractivity contribution in [2.75, 3.05) is 52.6 Å². The molecule has 1 saturated carbocycles. The van der Waals surface area contributed by atoms with E-state index in [1.807, 2.05) is 0 Å². The molecule has 0 bridgehead atoms. The molecular formula is C16H34N2O2. The van der Waals surface area contributed by atoms with E-state index in [1.165, 1.54) is 32.1 Å². The van der Waals surface area contributed by atoms with Crippen LogP contribution >= 0.6 is 0 Å². The number of rotatable bonds is 12. The van der Waals surface area contributed by atoms with Gasteiger partial charge in [-0.2, -0.15) is 0 Å². The molecule has 0 heterocycles. The monoisotopic (exact) mass is 286 g/mol. The highest BCUT2D eigenvalue weighted by molar-refractivity contribution is 4.72. The van der Waals surface area contributed by atoms with E-state index >= 15 is 0 Å². The van der Waals surface area contributed by atoms with Crippen molar-refractivity contribution in [3.05, 3.63) is 0 Å². The SMILES string of the molecule is CCOCCN(CCNC1CCCCC1)CCOCC. The second-order valence-corrected chi connectivity index (χ2v) is 5.52. The molecule has 20 heavy (non-hydrogen) atoms. The first kappa shape index (κ1) is 17.9. The largest absolute Gasteiger partial charge is 0.380 e. The fraction of sp³-hybridized carbons (Fsp3) is 1.00. The van der Waals surface area contributed by atoms with Gasteiger partial charge >= 0.3 is 0 Å². The predicted molar refractivity (Wildman–Crippen MR) is 84.3 cm³/mol. The van der Waals surface area contributed by atoms with E-state index in [0.29, 0.717) is 0 Å². The molecule has 0 amide bonds. The molecule has 0 aliphatic heterocycles. The van der Waals surface area contributed by atoms with Gasteiger partial charge in [0, 0.05) is 45.4 Å². The molecule has 0 atom stereocenters. The summed E-state index contributed by atoms with van der Waals surface area (Å²) in [6.07, 6.45) is 6.94. The van der Waals surface area contributed by atoms with E-state index in [1.54, 1.807) is 0 Å². The van der Waals surface area contributed by atoms with Crippen molar-refractivity contribution in [2.45, 2.75) is 52.0 Å². The Morgan fingerprint density at radius 3 is 2.05 bits per heavy atom. The first-order valence-electron chi connectivity index (χ1n) is 8.48. The molecule has 0 unspecified atom stereocenters. The highest BCUT2D eigenvalue weighted by Gasteiger charge is 2.12. The number of nitrogens with one attached hydrogen (secondary N) is 1. The van der Waals surface area contributed by atoms with Crippen LogP contribution in [0.5, 0.6) is 0 Å². The maximum absolute atomic E-state index is 5.46. The van der Waals surface area contributed by atoms with Crippen molar-refractivity contribution in [2.24, 2.45) is 0 Å². The molecule has 0 aromatic rings. The second-order valence-electron chi connectivity index (χ2n) is 5.52. The van der Waals surface area contributed by atoms with Crippen LogP contribution in [0.25, 0.3) is 0 Å². The minimum atomic E-state index is 0.754. The Balaban J connectivity index is 2.12. The highest BCUT2D eigenvalue weighted by Crippen LogP contribution is 2.16. The Morgan fingerprint density at radius 2 is 1.50 bits per heavy atom. The van der Waals surface area contributed by atoms with E-state index in [0.717, 1.165) is 58.6 Å². The Bertz CT molecular complexity index is 199. The summed E-state index contributed by atoms with van der Waals surface area (Å²) in [6, 6.07) is 0.754. The van der Waals surface area contributed by atoms with Gasteiger partial charge in [0.25, 0.3) is 0 Å². The van der Waals surface area contributed by atoms with Gasteiger partial charge in [0.1, 0.15) is 0 Å². The molecule has 0 spiro atoms. The molecule has 1 aliphatic rings. The zero-order valence-corrected chi connectivity index (χ0v) is 13.5. The number of ether oxygens (including phenoxy) is 2. The van der Waals surface area contributed by atoms with Crippen LogP contribution < -0.4 is 5.32 Å². The number of nitrogens with zero attached hydrogens (tertiary/aromatic N) is 1. The van der Waals surface area contributed by atoms with Gasteiger partial charge in [-0.25, -0.2) is 0 Å². The highest BCUT2D eigenvalue weighted by atomic mass is 16.5. The fourth-order valence-electron chi connectivity index (χ4n) is 2.74. The molecule has 120 valence electrons. The van der Waals surface area contributed by atoms with Gasteiger partial charge in [-0.1, -0.05) is 19.3 Å². The average molecular weight is 286 g/mol. The summed E-state index contributed by atoms with van der Waals surface area (Å²) in [6.45, 7) is 11.6. The molecule has 0 aromatic carbocycles. The van der Waals surface area contributed by atoms with Crippen LogP contribution in [0, 0.1) is 0 Å². The van der Waals surface area contributed by atoms with Gasteiger partial charge in [-0.05, 0) is 26.7 Å². The van der Waals surface area contributed by atoms with E-state index in [4.69, 9.17) is 9.47 Å². The summed E-state index contributed by atoms with van der Waals surface area (Å²) in [7, 11) is 0. The average Bonchev–Trinajstić information content (AvgIpc) is 2.48. The van der Waals surface area contributed by atoms with Gasteiger partial charge in [-0.15, -0.1) is 0 Å². The van der Waals surface area contributed by atoms with E-state index in [9.17, 15) is 0 Å². The summed E-state index contributed by atoms with van der Waals surface area (Å²) >= 11 is 0. The van der Waals surface area contributed by atoms with Crippen LogP contribution in [0.15, 0.2) is 0 Å². The van der Waals surface area contributed by atoms with E-state index in [-0.39, 0.29) is 0 Å². The second kappa shape index (κ2) is 12.6. The Kier molecular flexibility index (Phi) is 11.2. The molecule has 0 radical (unpaired) electrons. The molecule has 0 saturated heterocycles. The lowest BCUT2D eigenvalue weighted by molar-refractivity contribution is 0.0827. The first-order chi connectivity index (χ1) is 9.86. The summed E-state index contributed by atoms with van der Waals surface area (Å²) in [5.41, 5.74) is 0. The van der Waals surface area contributed by atoms with Gasteiger partial charge in [0.2, 0.25) is 0 Å². The summed E-state index contributed by atoms with van der Waals surface area (Å²) < 4.78 is 10.9. The Morgan fingerprint density at radius 1 is 0.900 bits per heavy atom. The lowest BCUT2D eigenvalue weighted by atomic mass is 9.95. The van der Waals surface area contributed by atoms with Crippen LogP contribution in [0.4, 0.5) is 0 Å². The number of hydrogen-bond acceptors (Lipinski definition) is 4. The van der Waals surface area contributed by atoms with Crippen molar-refractivity contribution in [3.8, 4) is 0 Å². The van der Waals surface area contributed by atoms with Gasteiger partial charge in [-0.3, -0.25) is 4.90 Å². The van der Waals surface area contributed by atoms with Crippen molar-refractivity contribution in [1.82, 2.24) is 10.2 Å². The molecule has 4 nitrogen and oxygen atoms in total. The topological polar surface area (TPSA) is 33.7 Å². The van der Waals surface area contributed by atoms with Crippen LogP contribution in [0.2, 0.25) is 0 Å². The van der Waals surface area contributed by atoms with Crippen LogP contribution in [0.1, 0.15) is 46.0 Å². The van der Waals surface area contributed by atoms with Gasteiger partial charge < -0.3 is 14.8 Å². The van der Waals surface area contributed by atoms with E-state index in [2.05, 4.69) is 24.1 Å². The number of hydrogen-bond donors (Lipinski definition) is 1. The van der Waals surface area contributed by atoms with Crippen molar-refractivity contribution in [1.29, 1.82) is 0 Å². The Labute approximate surface area is 125 Å². The van der Waals surface area contributed by atoms with Crippen molar-refractivity contribution >= 4 is 0 Å². The van der Waals surface area contributed by atoms with Crippen molar-refractivity contribution in [3.63, 3.8) is 0 Å². The normalized spacial score (nSPS) is 16.9. The maximum atomic E-state index is 5.46. The summed E-state index contributed by atoms with van der Waals surface area (Å²) in [5.74, 6) is 0. The first-order valence-corrected chi connectivity index (χ1v) is 8.48. The standard InChI is InChI=1S/C16H34N2O2/c1-3-19-14-12-18(13-15-20-4-2)11-10-17-16-8-6-5-7-9-16/h16-17H,3-15H2,1-2H3. The maximum Gasteiger partial charge on any atom is 0.0593 e. The molecule has 1 fully saturated rings. The molecule has 1 rings (SSSR count). The zero-order valence-electron chi connectivity index (χ0n) is 13.5. The third kappa shape index (κ3) is 8.90. The Hall–Kier alpha value is -0.160. The molecule has 1 N–H and O–H groups in total. The minimum absolute atomic E-state index is 0.754. The minimum Gasteiger partial charge on any atom is -0.380 e. The predicted octanol–water partition coefficient (Wildman–Crippen LogP) is 2.28. The smallest absolute Gasteiger partial charge is 0.0593 e. The molecular weight excluding hydrogens is 252 g/mol. The zero-order chi connectivity index (χ0) is 14.5. The van der Waals surface area contributed by atoms with Gasteiger partial charge in [0.05, 0.1) is 13.2 Å². The quantitative estimate of drug-likeness (QED) is 0.558.